The van der Waals surface area contributed by atoms with Crippen LogP contribution in [0.4, 0.5) is 4.39 Å². The molecule has 7 heteroatoms. The van der Waals surface area contributed by atoms with Gasteiger partial charge >= 0.3 is 0 Å². The number of benzene rings is 1. The van der Waals surface area contributed by atoms with Gasteiger partial charge in [0.25, 0.3) is 0 Å². The largest absolute Gasteiger partial charge is 0.316 e. The Bertz CT molecular complexity index is 856. The topological polar surface area (TPSA) is 55.6 Å². The average Bonchev–Trinajstić information content (AvgIpc) is 3.27. The van der Waals surface area contributed by atoms with E-state index in [0.29, 0.717) is 11.7 Å². The second-order valence-electron chi connectivity index (χ2n) is 6.07. The third-order valence-corrected chi connectivity index (χ3v) is 4.38. The van der Waals surface area contributed by atoms with E-state index in [4.69, 9.17) is 4.98 Å². The molecule has 1 unspecified atom stereocenters. The molecule has 0 amide bonds. The molecule has 5 nitrogen and oxygen atoms in total. The molecule has 0 bridgehead atoms. The molecule has 0 spiro atoms. The van der Waals surface area contributed by atoms with Crippen LogP contribution in [0.25, 0.3) is 22.8 Å². The van der Waals surface area contributed by atoms with Crippen molar-refractivity contribution in [2.75, 3.05) is 13.1 Å². The van der Waals surface area contributed by atoms with Crippen molar-refractivity contribution in [1.29, 1.82) is 0 Å². The van der Waals surface area contributed by atoms with E-state index < -0.39 is 0 Å². The molecule has 1 N–H and O–H groups in total. The van der Waals surface area contributed by atoms with Gasteiger partial charge in [0.05, 0.1) is 5.69 Å². The molecule has 1 aromatic carbocycles. The minimum Gasteiger partial charge on any atom is -0.316 e. The molecule has 0 saturated carbocycles. The number of nitrogens with one attached hydrogen (secondary N) is 1. The zero-order valence-electron chi connectivity index (χ0n) is 13.8. The lowest BCUT2D eigenvalue weighted by Gasteiger charge is -2.13. The molecule has 3 aromatic rings. The zero-order valence-corrected chi connectivity index (χ0v) is 14.6. The van der Waals surface area contributed by atoms with Crippen molar-refractivity contribution < 1.29 is 4.39 Å². The van der Waals surface area contributed by atoms with Gasteiger partial charge in [-0.15, -0.1) is 12.4 Å². The molecular weight excluding hydrogens is 341 g/mol. The van der Waals surface area contributed by atoms with Gasteiger partial charge in [0.2, 0.25) is 0 Å². The predicted molar refractivity (Wildman–Crippen MR) is 97.1 cm³/mol. The van der Waals surface area contributed by atoms with Crippen molar-refractivity contribution in [3.8, 4) is 22.8 Å². The molecule has 4 rings (SSSR count). The SMILES string of the molecule is Cl.Cn1ccc(-c2nc(-c3ccc(F)cc3)ncc2C2CCNC2)n1. The highest BCUT2D eigenvalue weighted by molar-refractivity contribution is 5.85. The van der Waals surface area contributed by atoms with Crippen LogP contribution in [-0.2, 0) is 7.05 Å². The molecule has 0 radical (unpaired) electrons. The van der Waals surface area contributed by atoms with Crippen LogP contribution < -0.4 is 5.32 Å². The summed E-state index contributed by atoms with van der Waals surface area (Å²) in [5.41, 5.74) is 3.61. The Balaban J connectivity index is 0.00000182. The molecule has 3 heterocycles. The summed E-state index contributed by atoms with van der Waals surface area (Å²) >= 11 is 0. The number of hydrogen-bond acceptors (Lipinski definition) is 4. The van der Waals surface area contributed by atoms with E-state index in [2.05, 4.69) is 15.4 Å². The van der Waals surface area contributed by atoms with E-state index in [1.807, 2.05) is 25.5 Å². The molecule has 1 aliphatic rings. The Labute approximate surface area is 151 Å². The van der Waals surface area contributed by atoms with E-state index in [1.165, 1.54) is 12.1 Å². The van der Waals surface area contributed by atoms with Gasteiger partial charge in [-0.2, -0.15) is 5.10 Å². The second-order valence-corrected chi connectivity index (χ2v) is 6.07. The fourth-order valence-electron chi connectivity index (χ4n) is 3.09. The molecule has 0 aliphatic carbocycles. The van der Waals surface area contributed by atoms with Crippen molar-refractivity contribution in [3.63, 3.8) is 0 Å². The summed E-state index contributed by atoms with van der Waals surface area (Å²) in [4.78, 5) is 9.28. The monoisotopic (exact) mass is 359 g/mol. The van der Waals surface area contributed by atoms with Crippen LogP contribution in [0.3, 0.4) is 0 Å². The van der Waals surface area contributed by atoms with Crippen LogP contribution in [0, 0.1) is 5.82 Å². The summed E-state index contributed by atoms with van der Waals surface area (Å²) in [6.07, 6.45) is 4.87. The Morgan fingerprint density at radius 2 is 2.00 bits per heavy atom. The van der Waals surface area contributed by atoms with E-state index in [0.717, 1.165) is 42.0 Å². The van der Waals surface area contributed by atoms with Gasteiger partial charge in [0, 0.05) is 43.0 Å². The molecule has 1 atom stereocenters. The van der Waals surface area contributed by atoms with Crippen LogP contribution in [0.1, 0.15) is 17.9 Å². The highest BCUT2D eigenvalue weighted by Gasteiger charge is 2.23. The third kappa shape index (κ3) is 3.55. The van der Waals surface area contributed by atoms with E-state index >= 15 is 0 Å². The fourth-order valence-corrected chi connectivity index (χ4v) is 3.09. The molecule has 130 valence electrons. The Hall–Kier alpha value is -2.31. The van der Waals surface area contributed by atoms with Gasteiger partial charge in [0.15, 0.2) is 5.82 Å². The van der Waals surface area contributed by atoms with Crippen molar-refractivity contribution in [2.45, 2.75) is 12.3 Å². The smallest absolute Gasteiger partial charge is 0.159 e. The van der Waals surface area contributed by atoms with Gasteiger partial charge in [-0.05, 0) is 43.3 Å². The highest BCUT2D eigenvalue weighted by atomic mass is 35.5. The number of rotatable bonds is 3. The summed E-state index contributed by atoms with van der Waals surface area (Å²) in [6, 6.07) is 8.21. The maximum absolute atomic E-state index is 13.2. The summed E-state index contributed by atoms with van der Waals surface area (Å²) < 4.78 is 14.9. The van der Waals surface area contributed by atoms with Gasteiger partial charge in [-0.1, -0.05) is 0 Å². The first kappa shape index (κ1) is 17.5. The van der Waals surface area contributed by atoms with Crippen molar-refractivity contribution in [2.24, 2.45) is 7.05 Å². The second kappa shape index (κ2) is 7.29. The summed E-state index contributed by atoms with van der Waals surface area (Å²) in [5.74, 6) is 0.715. The van der Waals surface area contributed by atoms with Crippen molar-refractivity contribution >= 4 is 12.4 Å². The van der Waals surface area contributed by atoms with E-state index in [9.17, 15) is 4.39 Å². The predicted octanol–water partition coefficient (Wildman–Crippen LogP) is 3.18. The average molecular weight is 360 g/mol. The summed E-state index contributed by atoms with van der Waals surface area (Å²) in [5, 5.41) is 7.89. The van der Waals surface area contributed by atoms with E-state index in [-0.39, 0.29) is 18.2 Å². The molecule has 1 fully saturated rings. The Morgan fingerprint density at radius 1 is 1.20 bits per heavy atom. The molecule has 2 aromatic heterocycles. The quantitative estimate of drug-likeness (QED) is 0.780. The van der Waals surface area contributed by atoms with Gasteiger partial charge < -0.3 is 5.32 Å². The van der Waals surface area contributed by atoms with Crippen molar-refractivity contribution in [3.05, 3.63) is 54.1 Å². The lowest BCUT2D eigenvalue weighted by Crippen LogP contribution is -2.10. The standard InChI is InChI=1S/C18H18FN5.ClH/c1-24-9-7-16(23-24)17-15(13-6-8-20-10-13)11-21-18(22-17)12-2-4-14(19)5-3-12;/h2-5,7,9,11,13,20H,6,8,10H2,1H3;1H. The number of nitrogens with zero attached hydrogens (tertiary/aromatic N) is 4. The Kier molecular flexibility index (Phi) is 5.11. The number of aromatic nitrogens is 4. The lowest BCUT2D eigenvalue weighted by atomic mass is 9.97. The molecule has 1 saturated heterocycles. The van der Waals surface area contributed by atoms with Crippen LogP contribution in [-0.4, -0.2) is 32.8 Å². The summed E-state index contributed by atoms with van der Waals surface area (Å²) in [7, 11) is 1.89. The first-order valence-corrected chi connectivity index (χ1v) is 8.04. The molecular formula is C18H19ClFN5. The van der Waals surface area contributed by atoms with Crippen LogP contribution in [0.2, 0.25) is 0 Å². The Morgan fingerprint density at radius 3 is 2.64 bits per heavy atom. The van der Waals surface area contributed by atoms with Crippen molar-refractivity contribution in [1.82, 2.24) is 25.1 Å². The minimum absolute atomic E-state index is 0. The fraction of sp³-hybridized carbons (Fsp3) is 0.278. The van der Waals surface area contributed by atoms with Gasteiger partial charge in [-0.3, -0.25) is 4.68 Å². The highest BCUT2D eigenvalue weighted by Crippen LogP contribution is 2.31. The number of hydrogen-bond donors (Lipinski definition) is 1. The lowest BCUT2D eigenvalue weighted by molar-refractivity contribution is 0.628. The van der Waals surface area contributed by atoms with Gasteiger partial charge in [-0.25, -0.2) is 14.4 Å². The van der Waals surface area contributed by atoms with Crippen LogP contribution in [0.15, 0.2) is 42.7 Å². The van der Waals surface area contributed by atoms with Crippen LogP contribution in [0.5, 0.6) is 0 Å². The zero-order chi connectivity index (χ0) is 16.5. The maximum atomic E-state index is 13.2. The maximum Gasteiger partial charge on any atom is 0.159 e. The molecule has 1 aliphatic heterocycles. The van der Waals surface area contributed by atoms with Gasteiger partial charge in [0.1, 0.15) is 11.5 Å². The normalized spacial score (nSPS) is 16.6. The first-order chi connectivity index (χ1) is 11.7. The van der Waals surface area contributed by atoms with Crippen LogP contribution >= 0.6 is 12.4 Å². The minimum atomic E-state index is -0.266. The molecule has 25 heavy (non-hydrogen) atoms. The first-order valence-electron chi connectivity index (χ1n) is 8.04. The number of aryl methyl sites for hydroxylation is 1. The number of halogens is 2. The van der Waals surface area contributed by atoms with E-state index in [1.54, 1.807) is 16.8 Å². The third-order valence-electron chi connectivity index (χ3n) is 4.38. The summed E-state index contributed by atoms with van der Waals surface area (Å²) in [6.45, 7) is 1.94.